The van der Waals surface area contributed by atoms with Crippen LogP contribution in [0.4, 0.5) is 0 Å². The first-order valence-corrected chi connectivity index (χ1v) is 10.7. The quantitative estimate of drug-likeness (QED) is 0.740. The Morgan fingerprint density at radius 1 is 1.04 bits per heavy atom. The second-order valence-corrected chi connectivity index (χ2v) is 10.7. The van der Waals surface area contributed by atoms with Crippen LogP contribution in [-0.4, -0.2) is 34.2 Å². The first-order chi connectivity index (χ1) is 12.9. The van der Waals surface area contributed by atoms with Gasteiger partial charge in [-0.2, -0.15) is 0 Å². The summed E-state index contributed by atoms with van der Waals surface area (Å²) in [4.78, 5) is 12.8. The van der Waals surface area contributed by atoms with Crippen LogP contribution < -0.4 is 10.6 Å². The molecule has 156 valence electrons. The van der Waals surface area contributed by atoms with Gasteiger partial charge in [0.05, 0.1) is 5.56 Å². The summed E-state index contributed by atoms with van der Waals surface area (Å²) in [6, 6.07) is 9.36. The molecular weight excluding hydrogens is 348 g/mol. The van der Waals surface area contributed by atoms with Gasteiger partial charge in [0.1, 0.15) is 6.10 Å². The lowest BCUT2D eigenvalue weighted by atomic mass is 9.60. The molecule has 0 aromatic heterocycles. The topological polar surface area (TPSA) is 50.4 Å². The number of carbonyl (C=O) groups excluding carboxylic acids is 1. The number of nitrogens with one attached hydrogen (secondary N) is 2. The number of carbonyl (C=O) groups is 1. The third-order valence-corrected chi connectivity index (χ3v) is 6.87. The summed E-state index contributed by atoms with van der Waals surface area (Å²) in [5.41, 5.74) is 0.554. The first-order valence-electron chi connectivity index (χ1n) is 10.7. The number of esters is 1. The maximum atomic E-state index is 12.8. The maximum Gasteiger partial charge on any atom is 0.338 e. The molecule has 4 nitrogen and oxygen atoms in total. The third-order valence-electron chi connectivity index (χ3n) is 6.87. The first kappa shape index (κ1) is 21.3. The van der Waals surface area contributed by atoms with Crippen molar-refractivity contribution in [1.82, 2.24) is 10.6 Å². The van der Waals surface area contributed by atoms with Crippen molar-refractivity contribution in [3.8, 4) is 0 Å². The van der Waals surface area contributed by atoms with Gasteiger partial charge in [0.15, 0.2) is 0 Å². The molecule has 28 heavy (non-hydrogen) atoms. The van der Waals surface area contributed by atoms with Crippen LogP contribution in [0.15, 0.2) is 30.3 Å². The number of ether oxygens (including phenoxy) is 1. The number of hydrogen-bond donors (Lipinski definition) is 2. The Hall–Kier alpha value is -1.39. The highest BCUT2D eigenvalue weighted by atomic mass is 16.5. The number of rotatable bonds is 3. The van der Waals surface area contributed by atoms with Gasteiger partial charge >= 0.3 is 5.97 Å². The number of benzene rings is 1. The van der Waals surface area contributed by atoms with Crippen LogP contribution in [0, 0.1) is 5.92 Å². The molecule has 2 fully saturated rings. The molecule has 3 unspecified atom stereocenters. The maximum absolute atomic E-state index is 12.8. The lowest BCUT2D eigenvalue weighted by Gasteiger charge is -2.62. The zero-order valence-electron chi connectivity index (χ0n) is 18.7. The highest BCUT2D eigenvalue weighted by Gasteiger charge is 2.57. The van der Waals surface area contributed by atoms with Gasteiger partial charge in [0, 0.05) is 34.5 Å². The van der Waals surface area contributed by atoms with E-state index in [0.29, 0.717) is 5.56 Å². The van der Waals surface area contributed by atoms with Crippen molar-refractivity contribution >= 4 is 5.97 Å². The molecule has 0 amide bonds. The summed E-state index contributed by atoms with van der Waals surface area (Å²) in [7, 11) is 0. The fraction of sp³-hybridized carbons (Fsp3) is 0.708. The Bertz CT molecular complexity index is 697. The lowest BCUT2D eigenvalue weighted by Crippen LogP contribution is -2.76. The molecule has 2 aliphatic rings. The van der Waals surface area contributed by atoms with E-state index in [0.717, 1.165) is 25.7 Å². The summed E-state index contributed by atoms with van der Waals surface area (Å²) in [5, 5.41) is 7.87. The largest absolute Gasteiger partial charge is 0.458 e. The Kier molecular flexibility index (Phi) is 5.44. The van der Waals surface area contributed by atoms with Crippen LogP contribution in [0.2, 0.25) is 0 Å². The Balaban J connectivity index is 1.92. The second-order valence-electron chi connectivity index (χ2n) is 10.7. The Morgan fingerprint density at radius 3 is 2.14 bits per heavy atom. The van der Waals surface area contributed by atoms with E-state index in [2.05, 4.69) is 59.1 Å². The molecular formula is C24H38N2O2. The Morgan fingerprint density at radius 2 is 1.61 bits per heavy atom. The van der Waals surface area contributed by atoms with E-state index in [1.165, 1.54) is 0 Å². The average molecular weight is 387 g/mol. The van der Waals surface area contributed by atoms with Gasteiger partial charge in [0.2, 0.25) is 0 Å². The molecule has 0 saturated carbocycles. The van der Waals surface area contributed by atoms with Gasteiger partial charge in [-0.15, -0.1) is 0 Å². The monoisotopic (exact) mass is 386 g/mol. The molecule has 1 aromatic carbocycles. The third kappa shape index (κ3) is 4.28. The SMILES string of the molecule is CCC1(C)CC(OC(=O)c2ccccc2)C(C)C2(CC(C)(C)NC(C)(C)C2)N1. The van der Waals surface area contributed by atoms with Gasteiger partial charge < -0.3 is 15.4 Å². The molecule has 0 radical (unpaired) electrons. The number of hydrogen-bond acceptors (Lipinski definition) is 4. The summed E-state index contributed by atoms with van der Waals surface area (Å²) in [6.45, 7) is 15.9. The summed E-state index contributed by atoms with van der Waals surface area (Å²) in [5.74, 6) is 0.0286. The van der Waals surface area contributed by atoms with E-state index in [-0.39, 0.29) is 40.1 Å². The van der Waals surface area contributed by atoms with Gasteiger partial charge in [-0.25, -0.2) is 4.79 Å². The molecule has 0 bridgehead atoms. The lowest BCUT2D eigenvalue weighted by molar-refractivity contribution is -0.0840. The highest BCUT2D eigenvalue weighted by Crippen LogP contribution is 2.47. The Labute approximate surface area is 170 Å². The predicted octanol–water partition coefficient (Wildman–Crippen LogP) is 4.69. The average Bonchev–Trinajstić information content (AvgIpc) is 2.57. The van der Waals surface area contributed by atoms with E-state index in [1.807, 2.05) is 30.3 Å². The molecule has 2 N–H and O–H groups in total. The van der Waals surface area contributed by atoms with Crippen molar-refractivity contribution in [2.75, 3.05) is 0 Å². The highest BCUT2D eigenvalue weighted by molar-refractivity contribution is 5.89. The van der Waals surface area contributed by atoms with Gasteiger partial charge in [-0.05, 0) is 66.0 Å². The van der Waals surface area contributed by atoms with Gasteiger partial charge in [-0.1, -0.05) is 32.0 Å². The van der Waals surface area contributed by atoms with Crippen LogP contribution in [0.1, 0.15) is 84.5 Å². The van der Waals surface area contributed by atoms with Crippen LogP contribution in [-0.2, 0) is 4.74 Å². The molecule has 2 saturated heterocycles. The molecule has 0 aliphatic carbocycles. The standard InChI is InChI=1S/C24H38N2O2/c1-8-23(7)14-19(28-20(27)18-12-10-9-11-13-18)17(2)24(26-23)15-21(3,4)25-22(5,6)16-24/h9-13,17,19,25-26H,8,14-16H2,1-7H3. The molecule has 4 heteroatoms. The van der Waals surface area contributed by atoms with E-state index in [9.17, 15) is 4.79 Å². The van der Waals surface area contributed by atoms with E-state index in [4.69, 9.17) is 4.74 Å². The van der Waals surface area contributed by atoms with E-state index in [1.54, 1.807) is 0 Å². The minimum absolute atomic E-state index is 0.0169. The zero-order chi connectivity index (χ0) is 20.8. The summed E-state index contributed by atoms with van der Waals surface area (Å²) < 4.78 is 6.15. The molecule has 2 heterocycles. The van der Waals surface area contributed by atoms with Crippen molar-refractivity contribution in [2.24, 2.45) is 5.92 Å². The molecule has 1 spiro atoms. The smallest absolute Gasteiger partial charge is 0.338 e. The van der Waals surface area contributed by atoms with E-state index >= 15 is 0 Å². The minimum Gasteiger partial charge on any atom is -0.458 e. The van der Waals surface area contributed by atoms with Crippen molar-refractivity contribution in [3.63, 3.8) is 0 Å². The van der Waals surface area contributed by atoms with Gasteiger partial charge in [0.25, 0.3) is 0 Å². The fourth-order valence-electron chi connectivity index (χ4n) is 5.95. The van der Waals surface area contributed by atoms with E-state index < -0.39 is 0 Å². The van der Waals surface area contributed by atoms with Crippen molar-refractivity contribution < 1.29 is 9.53 Å². The normalized spacial score (nSPS) is 33.4. The van der Waals surface area contributed by atoms with Crippen LogP contribution in [0.5, 0.6) is 0 Å². The molecule has 3 atom stereocenters. The summed E-state index contributed by atoms with van der Waals surface area (Å²) in [6.07, 6.45) is 3.79. The minimum atomic E-state index is -0.208. The van der Waals surface area contributed by atoms with Crippen LogP contribution >= 0.6 is 0 Å². The fourth-order valence-corrected chi connectivity index (χ4v) is 5.95. The van der Waals surface area contributed by atoms with Crippen molar-refractivity contribution in [3.05, 3.63) is 35.9 Å². The van der Waals surface area contributed by atoms with Crippen molar-refractivity contribution in [1.29, 1.82) is 0 Å². The second kappa shape index (κ2) is 7.14. The molecule has 2 aliphatic heterocycles. The molecule has 3 rings (SSSR count). The summed E-state index contributed by atoms with van der Waals surface area (Å²) >= 11 is 0. The van der Waals surface area contributed by atoms with Crippen molar-refractivity contribution in [2.45, 2.75) is 102 Å². The van der Waals surface area contributed by atoms with Crippen LogP contribution in [0.3, 0.4) is 0 Å². The van der Waals surface area contributed by atoms with Crippen LogP contribution in [0.25, 0.3) is 0 Å². The zero-order valence-corrected chi connectivity index (χ0v) is 18.7. The predicted molar refractivity (Wildman–Crippen MR) is 115 cm³/mol. The number of piperidine rings is 2. The molecule has 1 aromatic rings. The van der Waals surface area contributed by atoms with Gasteiger partial charge in [-0.3, -0.25) is 0 Å².